The van der Waals surface area contributed by atoms with Crippen molar-refractivity contribution >= 4 is 11.9 Å². The second-order valence-electron chi connectivity index (χ2n) is 3.06. The minimum atomic E-state index is -0.736. The second kappa shape index (κ2) is 3.64. The molecular weight excluding hydrogens is 201 g/mol. The minimum Gasteiger partial charge on any atom is -0.336 e. The van der Waals surface area contributed by atoms with E-state index in [2.05, 4.69) is 10.3 Å². The van der Waals surface area contributed by atoms with E-state index in [-0.39, 0.29) is 5.56 Å². The Bertz CT molecular complexity index is 422. The van der Waals surface area contributed by atoms with Gasteiger partial charge < -0.3 is 5.32 Å². The highest BCUT2D eigenvalue weighted by Gasteiger charge is 2.27. The highest BCUT2D eigenvalue weighted by molar-refractivity contribution is 6.04. The first-order valence-corrected chi connectivity index (χ1v) is 4.40. The number of carbonyl (C=O) groups is 2. The van der Waals surface area contributed by atoms with E-state index >= 15 is 0 Å². The molecule has 0 atom stereocenters. The predicted octanol–water partition coefficient (Wildman–Crippen LogP) is 0.386. The number of imide groups is 1. The molecule has 1 N–H and O–H groups in total. The largest absolute Gasteiger partial charge is 0.336 e. The monoisotopic (exact) mass is 209 g/mol. The quantitative estimate of drug-likeness (QED) is 0.680. The predicted molar refractivity (Wildman–Crippen MR) is 48.6 cm³/mol. The van der Waals surface area contributed by atoms with E-state index in [1.807, 2.05) is 0 Å². The lowest BCUT2D eigenvalue weighted by Crippen LogP contribution is -2.34. The number of hydrogen-bond donors (Lipinski definition) is 1. The zero-order valence-electron chi connectivity index (χ0n) is 7.74. The van der Waals surface area contributed by atoms with Crippen LogP contribution in [0.4, 0.5) is 9.18 Å². The van der Waals surface area contributed by atoms with E-state index in [4.69, 9.17) is 0 Å². The highest BCUT2D eigenvalue weighted by atomic mass is 19.1. The molecule has 1 aliphatic heterocycles. The van der Waals surface area contributed by atoms with Gasteiger partial charge in [0, 0.05) is 30.9 Å². The third-order valence-electron chi connectivity index (χ3n) is 2.08. The fourth-order valence-electron chi connectivity index (χ4n) is 1.36. The first kappa shape index (κ1) is 9.57. The fourth-order valence-corrected chi connectivity index (χ4v) is 1.36. The summed E-state index contributed by atoms with van der Waals surface area (Å²) in [5.41, 5.74) is 0.125. The molecule has 0 spiro atoms. The third-order valence-corrected chi connectivity index (χ3v) is 2.08. The molecule has 0 aliphatic carbocycles. The van der Waals surface area contributed by atoms with Gasteiger partial charge in [-0.1, -0.05) is 0 Å². The van der Waals surface area contributed by atoms with Crippen LogP contribution < -0.4 is 5.32 Å². The van der Waals surface area contributed by atoms with Crippen molar-refractivity contribution in [2.24, 2.45) is 0 Å². The Morgan fingerprint density at radius 1 is 1.60 bits per heavy atom. The van der Waals surface area contributed by atoms with E-state index in [0.29, 0.717) is 13.1 Å². The van der Waals surface area contributed by atoms with Crippen molar-refractivity contribution < 1.29 is 14.0 Å². The molecule has 0 saturated carbocycles. The normalized spacial score (nSPS) is 15.3. The Hall–Kier alpha value is -1.98. The number of aromatic nitrogens is 1. The van der Waals surface area contributed by atoms with E-state index in [1.165, 1.54) is 12.3 Å². The molecule has 0 aromatic carbocycles. The molecule has 1 aliphatic rings. The van der Waals surface area contributed by atoms with Gasteiger partial charge in [0.1, 0.15) is 0 Å². The fraction of sp³-hybridized carbons (Fsp3) is 0.222. The molecule has 1 fully saturated rings. The number of nitrogens with zero attached hydrogens (tertiary/aromatic N) is 2. The topological polar surface area (TPSA) is 62.3 Å². The molecule has 1 aromatic heterocycles. The lowest BCUT2D eigenvalue weighted by atomic mass is 10.2. The van der Waals surface area contributed by atoms with Gasteiger partial charge in [-0.15, -0.1) is 0 Å². The van der Waals surface area contributed by atoms with Crippen LogP contribution in [-0.2, 0) is 0 Å². The van der Waals surface area contributed by atoms with Gasteiger partial charge in [0.05, 0.1) is 0 Å². The summed E-state index contributed by atoms with van der Waals surface area (Å²) >= 11 is 0. The van der Waals surface area contributed by atoms with Crippen molar-refractivity contribution in [2.75, 3.05) is 13.1 Å². The SMILES string of the molecule is O=C1NCCN1C(=O)c1ccnc(F)c1. The molecule has 5 nitrogen and oxygen atoms in total. The Kier molecular flexibility index (Phi) is 2.32. The van der Waals surface area contributed by atoms with Crippen molar-refractivity contribution in [1.29, 1.82) is 0 Å². The van der Waals surface area contributed by atoms with Crippen molar-refractivity contribution in [3.63, 3.8) is 0 Å². The van der Waals surface area contributed by atoms with Crippen molar-refractivity contribution in [2.45, 2.75) is 0 Å². The van der Waals surface area contributed by atoms with Crippen LogP contribution in [0.1, 0.15) is 10.4 Å². The number of carbonyl (C=O) groups excluding carboxylic acids is 2. The van der Waals surface area contributed by atoms with Crippen LogP contribution in [0.15, 0.2) is 18.3 Å². The first-order chi connectivity index (χ1) is 7.18. The van der Waals surface area contributed by atoms with Gasteiger partial charge in [-0.25, -0.2) is 9.78 Å². The Morgan fingerprint density at radius 3 is 3.00 bits per heavy atom. The lowest BCUT2D eigenvalue weighted by molar-refractivity contribution is 0.0828. The number of hydrogen-bond acceptors (Lipinski definition) is 3. The zero-order valence-corrected chi connectivity index (χ0v) is 7.74. The summed E-state index contributed by atoms with van der Waals surface area (Å²) in [6.07, 6.45) is 1.19. The van der Waals surface area contributed by atoms with Crippen LogP contribution in [0.25, 0.3) is 0 Å². The molecule has 6 heteroatoms. The summed E-state index contributed by atoms with van der Waals surface area (Å²) in [5, 5.41) is 2.49. The van der Waals surface area contributed by atoms with Crippen LogP contribution in [0, 0.1) is 5.95 Å². The maximum Gasteiger partial charge on any atom is 0.324 e. The number of amides is 3. The number of pyridine rings is 1. The van der Waals surface area contributed by atoms with Crippen LogP contribution in [0.5, 0.6) is 0 Å². The van der Waals surface area contributed by atoms with Gasteiger partial charge in [0.25, 0.3) is 5.91 Å². The van der Waals surface area contributed by atoms with E-state index in [1.54, 1.807) is 0 Å². The Labute approximate surface area is 84.9 Å². The van der Waals surface area contributed by atoms with Gasteiger partial charge in [0.2, 0.25) is 5.95 Å². The smallest absolute Gasteiger partial charge is 0.324 e. The zero-order chi connectivity index (χ0) is 10.8. The van der Waals surface area contributed by atoms with E-state index in [9.17, 15) is 14.0 Å². The molecule has 2 heterocycles. The maximum atomic E-state index is 12.7. The molecular formula is C9H8FN3O2. The summed E-state index contributed by atoms with van der Waals surface area (Å²) in [6.45, 7) is 0.736. The van der Waals surface area contributed by atoms with Crippen molar-refractivity contribution in [3.05, 3.63) is 29.8 Å². The molecule has 1 saturated heterocycles. The molecule has 2 rings (SSSR count). The van der Waals surface area contributed by atoms with Crippen LogP contribution in [0.3, 0.4) is 0 Å². The molecule has 0 unspecified atom stereocenters. The second-order valence-corrected chi connectivity index (χ2v) is 3.06. The summed E-state index contributed by atoms with van der Waals surface area (Å²) in [6, 6.07) is 1.93. The van der Waals surface area contributed by atoms with E-state index < -0.39 is 17.9 Å². The van der Waals surface area contributed by atoms with Gasteiger partial charge in [-0.3, -0.25) is 9.69 Å². The average molecular weight is 209 g/mol. The van der Waals surface area contributed by atoms with Crippen LogP contribution in [0.2, 0.25) is 0 Å². The Morgan fingerprint density at radius 2 is 2.40 bits per heavy atom. The van der Waals surface area contributed by atoms with Crippen molar-refractivity contribution in [3.8, 4) is 0 Å². The first-order valence-electron chi connectivity index (χ1n) is 4.40. The number of urea groups is 1. The number of nitrogens with one attached hydrogen (secondary N) is 1. The number of rotatable bonds is 1. The lowest BCUT2D eigenvalue weighted by Gasteiger charge is -2.11. The van der Waals surface area contributed by atoms with Crippen LogP contribution in [-0.4, -0.2) is 34.9 Å². The van der Waals surface area contributed by atoms with Gasteiger partial charge in [-0.2, -0.15) is 4.39 Å². The van der Waals surface area contributed by atoms with Crippen molar-refractivity contribution in [1.82, 2.24) is 15.2 Å². The van der Waals surface area contributed by atoms with Gasteiger partial charge in [0.15, 0.2) is 0 Å². The van der Waals surface area contributed by atoms with Gasteiger partial charge in [-0.05, 0) is 6.07 Å². The molecule has 0 radical (unpaired) electrons. The summed E-state index contributed by atoms with van der Waals surface area (Å²) in [4.78, 5) is 27.2. The summed E-state index contributed by atoms with van der Waals surface area (Å²) < 4.78 is 12.7. The standard InChI is InChI=1S/C9H8FN3O2/c10-7-5-6(1-2-11-7)8(14)13-4-3-12-9(13)15/h1-2,5H,3-4H2,(H,12,15). The molecule has 15 heavy (non-hydrogen) atoms. The number of halogens is 1. The maximum absolute atomic E-state index is 12.7. The molecule has 1 aromatic rings. The molecule has 3 amide bonds. The highest BCUT2D eigenvalue weighted by Crippen LogP contribution is 2.07. The summed E-state index contributed by atoms with van der Waals surface area (Å²) in [7, 11) is 0. The van der Waals surface area contributed by atoms with Crippen LogP contribution >= 0.6 is 0 Å². The summed E-state index contributed by atoms with van der Waals surface area (Å²) in [5.74, 6) is -1.24. The minimum absolute atomic E-state index is 0.125. The molecule has 0 bridgehead atoms. The third kappa shape index (κ3) is 1.78. The average Bonchev–Trinajstić information content (AvgIpc) is 2.63. The van der Waals surface area contributed by atoms with Gasteiger partial charge >= 0.3 is 6.03 Å². The Balaban J connectivity index is 2.24. The van der Waals surface area contributed by atoms with E-state index in [0.717, 1.165) is 11.0 Å². The molecule has 78 valence electrons.